The molecule has 0 saturated carbocycles. The predicted octanol–water partition coefficient (Wildman–Crippen LogP) is 2.52. The first-order valence-corrected chi connectivity index (χ1v) is 7.18. The Kier molecular flexibility index (Phi) is 5.09. The first kappa shape index (κ1) is 15.2. The van der Waals surface area contributed by atoms with Crippen LogP contribution in [0.4, 0.5) is 4.39 Å². The average Bonchev–Trinajstić information content (AvgIpc) is 2.45. The molecule has 112 valence electrons. The lowest BCUT2D eigenvalue weighted by atomic mass is 10.1. The number of nitrogens with one attached hydrogen (secondary N) is 2. The van der Waals surface area contributed by atoms with Gasteiger partial charge in [-0.15, -0.1) is 0 Å². The summed E-state index contributed by atoms with van der Waals surface area (Å²) in [6, 6.07) is 5.97. The third-order valence-corrected chi connectivity index (χ3v) is 3.36. The van der Waals surface area contributed by atoms with Crippen molar-refractivity contribution in [2.75, 3.05) is 6.54 Å². The monoisotopic (exact) mass is 290 g/mol. The van der Waals surface area contributed by atoms with Gasteiger partial charge in [0.25, 0.3) is 5.56 Å². The molecule has 0 spiro atoms. The molecule has 0 saturated heterocycles. The van der Waals surface area contributed by atoms with E-state index in [-0.39, 0.29) is 23.7 Å². The zero-order valence-electron chi connectivity index (χ0n) is 12.0. The number of pyridine rings is 1. The van der Waals surface area contributed by atoms with E-state index in [1.165, 1.54) is 12.1 Å². The molecule has 1 aromatic heterocycles. The Morgan fingerprint density at radius 3 is 2.90 bits per heavy atom. The fourth-order valence-corrected chi connectivity index (χ4v) is 2.15. The molecule has 2 aromatic rings. The third-order valence-electron chi connectivity index (χ3n) is 3.36. The number of H-pyrrole nitrogens is 1. The van der Waals surface area contributed by atoms with Gasteiger partial charge in [-0.2, -0.15) is 0 Å². The van der Waals surface area contributed by atoms with E-state index in [0.717, 1.165) is 18.2 Å². The van der Waals surface area contributed by atoms with Crippen molar-refractivity contribution in [2.24, 2.45) is 0 Å². The van der Waals surface area contributed by atoms with Gasteiger partial charge >= 0.3 is 0 Å². The van der Waals surface area contributed by atoms with Crippen LogP contribution in [-0.2, 0) is 11.2 Å². The number of halogens is 1. The Balaban J connectivity index is 2.05. The molecule has 0 radical (unpaired) electrons. The van der Waals surface area contributed by atoms with Gasteiger partial charge in [0.2, 0.25) is 5.91 Å². The van der Waals surface area contributed by atoms with Gasteiger partial charge in [-0.25, -0.2) is 4.39 Å². The van der Waals surface area contributed by atoms with Crippen LogP contribution in [0.5, 0.6) is 0 Å². The second-order valence-corrected chi connectivity index (χ2v) is 5.06. The lowest BCUT2D eigenvalue weighted by Crippen LogP contribution is -2.25. The number of aromatic amines is 1. The molecule has 2 N–H and O–H groups in total. The maximum absolute atomic E-state index is 13.1. The van der Waals surface area contributed by atoms with Crippen LogP contribution in [0.3, 0.4) is 0 Å². The Bertz CT molecular complexity index is 694. The molecule has 1 heterocycles. The molecule has 2 rings (SSSR count). The summed E-state index contributed by atoms with van der Waals surface area (Å²) in [4.78, 5) is 26.2. The number of carbonyl (C=O) groups excluding carboxylic acids is 1. The van der Waals surface area contributed by atoms with Crippen molar-refractivity contribution in [3.05, 3.63) is 46.0 Å². The number of unbranched alkanes of at least 4 members (excludes halogenated alkanes) is 1. The smallest absolute Gasteiger partial charge is 0.251 e. The molecule has 0 fully saturated rings. The lowest BCUT2D eigenvalue weighted by molar-refractivity contribution is -0.121. The summed E-state index contributed by atoms with van der Waals surface area (Å²) in [5.41, 5.74) is 0.741. The van der Waals surface area contributed by atoms with E-state index in [4.69, 9.17) is 0 Å². The van der Waals surface area contributed by atoms with E-state index in [9.17, 15) is 14.0 Å². The Morgan fingerprint density at radius 1 is 1.33 bits per heavy atom. The molecule has 21 heavy (non-hydrogen) atoms. The molecule has 5 heteroatoms. The molecule has 0 unspecified atom stereocenters. The number of hydrogen-bond donors (Lipinski definition) is 2. The minimum Gasteiger partial charge on any atom is -0.356 e. The number of fused-ring (bicyclic) bond motifs is 1. The van der Waals surface area contributed by atoms with Crippen molar-refractivity contribution in [1.82, 2.24) is 10.3 Å². The fourth-order valence-electron chi connectivity index (χ4n) is 2.15. The summed E-state index contributed by atoms with van der Waals surface area (Å²) in [5, 5.41) is 3.58. The second kappa shape index (κ2) is 7.02. The van der Waals surface area contributed by atoms with Crippen LogP contribution < -0.4 is 10.9 Å². The van der Waals surface area contributed by atoms with Crippen molar-refractivity contribution < 1.29 is 9.18 Å². The maximum atomic E-state index is 13.1. The molecule has 0 aliphatic heterocycles. The van der Waals surface area contributed by atoms with Crippen LogP contribution in [0.1, 0.15) is 31.7 Å². The van der Waals surface area contributed by atoms with Crippen LogP contribution in [0.25, 0.3) is 10.9 Å². The summed E-state index contributed by atoms with van der Waals surface area (Å²) < 4.78 is 13.1. The summed E-state index contributed by atoms with van der Waals surface area (Å²) in [6.07, 6.45) is 2.63. The Labute approximate surface area is 122 Å². The van der Waals surface area contributed by atoms with Gasteiger partial charge in [0.05, 0.1) is 5.52 Å². The molecular formula is C16H19FN2O2. The molecule has 0 atom stereocenters. The normalized spacial score (nSPS) is 10.8. The highest BCUT2D eigenvalue weighted by atomic mass is 19.1. The van der Waals surface area contributed by atoms with Gasteiger partial charge in [0.15, 0.2) is 0 Å². The van der Waals surface area contributed by atoms with Crippen LogP contribution in [0, 0.1) is 5.82 Å². The van der Waals surface area contributed by atoms with Gasteiger partial charge in [0.1, 0.15) is 5.82 Å². The topological polar surface area (TPSA) is 62.0 Å². The zero-order valence-corrected chi connectivity index (χ0v) is 12.0. The van der Waals surface area contributed by atoms with Crippen molar-refractivity contribution in [3.8, 4) is 0 Å². The number of hydrogen-bond acceptors (Lipinski definition) is 2. The summed E-state index contributed by atoms with van der Waals surface area (Å²) in [6.45, 7) is 2.73. The zero-order chi connectivity index (χ0) is 15.2. The van der Waals surface area contributed by atoms with E-state index in [0.29, 0.717) is 24.0 Å². The number of amides is 1. The van der Waals surface area contributed by atoms with E-state index < -0.39 is 0 Å². The molecule has 0 bridgehead atoms. The maximum Gasteiger partial charge on any atom is 0.251 e. The first-order chi connectivity index (χ1) is 10.1. The molecule has 1 aromatic carbocycles. The van der Waals surface area contributed by atoms with Crippen molar-refractivity contribution in [2.45, 2.75) is 32.6 Å². The van der Waals surface area contributed by atoms with Crippen molar-refractivity contribution in [1.29, 1.82) is 0 Å². The van der Waals surface area contributed by atoms with Crippen LogP contribution >= 0.6 is 0 Å². The molecule has 1 amide bonds. The van der Waals surface area contributed by atoms with Crippen molar-refractivity contribution >= 4 is 16.8 Å². The largest absolute Gasteiger partial charge is 0.356 e. The van der Waals surface area contributed by atoms with Crippen LogP contribution in [0.15, 0.2) is 29.1 Å². The van der Waals surface area contributed by atoms with E-state index in [2.05, 4.69) is 17.2 Å². The van der Waals surface area contributed by atoms with Gasteiger partial charge in [-0.3, -0.25) is 9.59 Å². The third kappa shape index (κ3) is 4.15. The number of aryl methyl sites for hydroxylation is 1. The number of benzene rings is 1. The highest BCUT2D eigenvalue weighted by molar-refractivity contribution is 5.79. The lowest BCUT2D eigenvalue weighted by Gasteiger charge is -2.05. The Hall–Kier alpha value is -2.17. The van der Waals surface area contributed by atoms with E-state index in [1.807, 2.05) is 0 Å². The highest BCUT2D eigenvalue weighted by Crippen LogP contribution is 2.13. The molecular weight excluding hydrogens is 271 g/mol. The van der Waals surface area contributed by atoms with E-state index >= 15 is 0 Å². The van der Waals surface area contributed by atoms with Gasteiger partial charge < -0.3 is 10.3 Å². The molecule has 0 aliphatic carbocycles. The number of aromatic nitrogens is 1. The van der Waals surface area contributed by atoms with Gasteiger partial charge in [0, 0.05) is 18.5 Å². The van der Waals surface area contributed by atoms with Gasteiger partial charge in [-0.1, -0.05) is 13.3 Å². The summed E-state index contributed by atoms with van der Waals surface area (Å²) in [7, 11) is 0. The van der Waals surface area contributed by atoms with Crippen molar-refractivity contribution in [3.63, 3.8) is 0 Å². The minimum absolute atomic E-state index is 0.0537. The SMILES string of the molecule is CCCCNC(=O)CCc1cc2ccc(F)cc2[nH]c1=O. The Morgan fingerprint density at radius 2 is 2.14 bits per heavy atom. The van der Waals surface area contributed by atoms with Gasteiger partial charge in [-0.05, 0) is 42.5 Å². The first-order valence-electron chi connectivity index (χ1n) is 7.18. The number of rotatable bonds is 6. The quantitative estimate of drug-likeness (QED) is 0.803. The van der Waals surface area contributed by atoms with Crippen LogP contribution in [-0.4, -0.2) is 17.4 Å². The van der Waals surface area contributed by atoms with E-state index in [1.54, 1.807) is 12.1 Å². The summed E-state index contributed by atoms with van der Waals surface area (Å²) in [5.74, 6) is -0.441. The fraction of sp³-hybridized carbons (Fsp3) is 0.375. The van der Waals surface area contributed by atoms with Crippen LogP contribution in [0.2, 0.25) is 0 Å². The average molecular weight is 290 g/mol. The highest BCUT2D eigenvalue weighted by Gasteiger charge is 2.07. The number of carbonyl (C=O) groups is 1. The second-order valence-electron chi connectivity index (χ2n) is 5.06. The standard InChI is InChI=1S/C16H19FN2O2/c1-2-3-8-18-15(20)7-5-12-9-11-4-6-13(17)10-14(11)19-16(12)21/h4,6,9-10H,2-3,5,7-8H2,1H3,(H,18,20)(H,19,21). The predicted molar refractivity (Wildman–Crippen MR) is 80.8 cm³/mol. The minimum atomic E-state index is -0.388. The summed E-state index contributed by atoms with van der Waals surface area (Å²) >= 11 is 0. The molecule has 0 aliphatic rings. The molecule has 4 nitrogen and oxygen atoms in total.